The Hall–Kier alpha value is -1.34. The van der Waals surface area contributed by atoms with E-state index in [4.69, 9.17) is 5.73 Å². The second kappa shape index (κ2) is 11.2. The molecule has 1 rings (SSSR count). The zero-order chi connectivity index (χ0) is 16.5. The number of likely N-dealkylation sites (tertiary alicyclic amines) is 1. The predicted molar refractivity (Wildman–Crippen MR) is 91.1 cm³/mol. The van der Waals surface area contributed by atoms with Crippen LogP contribution < -0.4 is 16.4 Å². The van der Waals surface area contributed by atoms with Gasteiger partial charge in [-0.05, 0) is 25.2 Å². The first-order valence-electron chi connectivity index (χ1n) is 7.99. The molecule has 0 bridgehead atoms. The zero-order valence-corrected chi connectivity index (χ0v) is 14.8. The number of halogens is 1. The van der Waals surface area contributed by atoms with Crippen LogP contribution in [0.15, 0.2) is 0 Å². The van der Waals surface area contributed by atoms with Crippen LogP contribution in [0.3, 0.4) is 0 Å². The molecule has 7 nitrogen and oxygen atoms in total. The van der Waals surface area contributed by atoms with E-state index in [0.717, 1.165) is 25.9 Å². The number of carbonyl (C=O) groups is 3. The second-order valence-electron chi connectivity index (χ2n) is 6.03. The summed E-state index contributed by atoms with van der Waals surface area (Å²) in [5.74, 6) is -0.554. The number of nitrogens with one attached hydrogen (secondary N) is 2. The van der Waals surface area contributed by atoms with Crippen LogP contribution in [0.25, 0.3) is 0 Å². The first kappa shape index (κ1) is 21.7. The summed E-state index contributed by atoms with van der Waals surface area (Å²) in [6, 6.07) is -0.617. The van der Waals surface area contributed by atoms with Crippen LogP contribution in [0.1, 0.15) is 39.5 Å². The standard InChI is InChI=1S/C15H28N4O3.ClH/c1-11(2)14(16)15(22)18-10-12(20)17-7-6-13(21)19-8-4-3-5-9-19;/h11,14H,3-10,16H2,1-2H3,(H,17,20)(H,18,22);1H/t14-;/m0./s1. The molecule has 0 aromatic carbocycles. The van der Waals surface area contributed by atoms with E-state index in [1.54, 1.807) is 0 Å². The van der Waals surface area contributed by atoms with Gasteiger partial charge in [-0.1, -0.05) is 13.8 Å². The topological polar surface area (TPSA) is 105 Å². The number of amides is 3. The molecule has 1 heterocycles. The van der Waals surface area contributed by atoms with Gasteiger partial charge < -0.3 is 21.3 Å². The third-order valence-corrected chi connectivity index (χ3v) is 3.81. The molecule has 1 aliphatic rings. The fourth-order valence-corrected chi connectivity index (χ4v) is 2.26. The Labute approximate surface area is 144 Å². The van der Waals surface area contributed by atoms with Crippen molar-refractivity contribution in [2.45, 2.75) is 45.6 Å². The van der Waals surface area contributed by atoms with Gasteiger partial charge in [0.05, 0.1) is 12.6 Å². The van der Waals surface area contributed by atoms with Crippen LogP contribution in [0.5, 0.6) is 0 Å². The van der Waals surface area contributed by atoms with E-state index in [-0.39, 0.29) is 42.6 Å². The summed E-state index contributed by atoms with van der Waals surface area (Å²) in [7, 11) is 0. The third kappa shape index (κ3) is 8.18. The Kier molecular flexibility index (Phi) is 10.6. The molecule has 0 unspecified atom stereocenters. The molecule has 4 N–H and O–H groups in total. The second-order valence-corrected chi connectivity index (χ2v) is 6.03. The Balaban J connectivity index is 0.00000484. The van der Waals surface area contributed by atoms with Gasteiger partial charge >= 0.3 is 0 Å². The summed E-state index contributed by atoms with van der Waals surface area (Å²) in [6.07, 6.45) is 3.59. The van der Waals surface area contributed by atoms with Gasteiger partial charge in [-0.3, -0.25) is 14.4 Å². The molecule has 134 valence electrons. The Morgan fingerprint density at radius 1 is 1.09 bits per heavy atom. The van der Waals surface area contributed by atoms with Crippen molar-refractivity contribution in [3.8, 4) is 0 Å². The molecule has 0 spiro atoms. The van der Waals surface area contributed by atoms with Gasteiger partial charge in [0, 0.05) is 26.1 Å². The molecular weight excluding hydrogens is 320 g/mol. The normalized spacial score (nSPS) is 15.6. The van der Waals surface area contributed by atoms with Crippen molar-refractivity contribution in [1.82, 2.24) is 15.5 Å². The van der Waals surface area contributed by atoms with E-state index in [2.05, 4.69) is 10.6 Å². The smallest absolute Gasteiger partial charge is 0.239 e. The molecule has 1 atom stereocenters. The monoisotopic (exact) mass is 348 g/mol. The molecule has 1 fully saturated rings. The van der Waals surface area contributed by atoms with Gasteiger partial charge in [0.2, 0.25) is 17.7 Å². The highest BCUT2D eigenvalue weighted by molar-refractivity contribution is 5.87. The van der Waals surface area contributed by atoms with Crippen LogP contribution in [-0.2, 0) is 14.4 Å². The fourth-order valence-electron chi connectivity index (χ4n) is 2.26. The van der Waals surface area contributed by atoms with Gasteiger partial charge in [0.25, 0.3) is 0 Å². The highest BCUT2D eigenvalue weighted by Crippen LogP contribution is 2.09. The number of nitrogens with two attached hydrogens (primary N) is 1. The third-order valence-electron chi connectivity index (χ3n) is 3.81. The number of carbonyl (C=O) groups excluding carboxylic acids is 3. The van der Waals surface area contributed by atoms with Gasteiger partial charge in [-0.2, -0.15) is 0 Å². The maximum absolute atomic E-state index is 11.9. The maximum Gasteiger partial charge on any atom is 0.239 e. The molecule has 0 aromatic rings. The van der Waals surface area contributed by atoms with Gasteiger partial charge in [-0.15, -0.1) is 12.4 Å². The van der Waals surface area contributed by atoms with Gasteiger partial charge in [-0.25, -0.2) is 0 Å². The van der Waals surface area contributed by atoms with Crippen molar-refractivity contribution in [2.75, 3.05) is 26.2 Å². The highest BCUT2D eigenvalue weighted by Gasteiger charge is 2.18. The zero-order valence-electron chi connectivity index (χ0n) is 14.0. The summed E-state index contributed by atoms with van der Waals surface area (Å²) in [5.41, 5.74) is 5.67. The van der Waals surface area contributed by atoms with E-state index in [1.807, 2.05) is 18.7 Å². The number of hydrogen-bond donors (Lipinski definition) is 3. The average molecular weight is 349 g/mol. The summed E-state index contributed by atoms with van der Waals surface area (Å²) in [4.78, 5) is 37.0. The molecule has 1 aliphatic heterocycles. The quantitative estimate of drug-likeness (QED) is 0.603. The lowest BCUT2D eigenvalue weighted by molar-refractivity contribution is -0.132. The maximum atomic E-state index is 11.9. The summed E-state index contributed by atoms with van der Waals surface area (Å²) in [6.45, 7) is 5.50. The molecule has 8 heteroatoms. The summed E-state index contributed by atoms with van der Waals surface area (Å²) >= 11 is 0. The molecular formula is C15H29ClN4O3. The number of nitrogens with zero attached hydrogens (tertiary/aromatic N) is 1. The average Bonchev–Trinajstić information content (AvgIpc) is 2.52. The van der Waals surface area contributed by atoms with Crippen molar-refractivity contribution < 1.29 is 14.4 Å². The van der Waals surface area contributed by atoms with Crippen LogP contribution in [0.4, 0.5) is 0 Å². The molecule has 0 aromatic heterocycles. The fraction of sp³-hybridized carbons (Fsp3) is 0.800. The Morgan fingerprint density at radius 3 is 2.26 bits per heavy atom. The minimum Gasteiger partial charge on any atom is -0.354 e. The number of piperidine rings is 1. The first-order chi connectivity index (χ1) is 10.4. The predicted octanol–water partition coefficient (Wildman–Crippen LogP) is 0.0265. The largest absolute Gasteiger partial charge is 0.354 e. The van der Waals surface area contributed by atoms with E-state index >= 15 is 0 Å². The van der Waals surface area contributed by atoms with E-state index in [1.165, 1.54) is 6.42 Å². The van der Waals surface area contributed by atoms with Crippen molar-refractivity contribution >= 4 is 30.1 Å². The molecule has 0 saturated carbocycles. The van der Waals surface area contributed by atoms with Crippen molar-refractivity contribution in [3.05, 3.63) is 0 Å². The van der Waals surface area contributed by atoms with Crippen molar-refractivity contribution in [2.24, 2.45) is 11.7 Å². The molecule has 0 aliphatic carbocycles. The minimum atomic E-state index is -0.617. The lowest BCUT2D eigenvalue weighted by atomic mass is 10.1. The molecule has 0 radical (unpaired) electrons. The van der Waals surface area contributed by atoms with Crippen molar-refractivity contribution in [3.63, 3.8) is 0 Å². The number of hydrogen-bond acceptors (Lipinski definition) is 4. The summed E-state index contributed by atoms with van der Waals surface area (Å²) < 4.78 is 0. The Morgan fingerprint density at radius 2 is 1.70 bits per heavy atom. The molecule has 3 amide bonds. The highest BCUT2D eigenvalue weighted by atomic mass is 35.5. The molecule has 1 saturated heterocycles. The minimum absolute atomic E-state index is 0. The van der Waals surface area contributed by atoms with Crippen LogP contribution in [-0.4, -0.2) is 54.8 Å². The Bertz CT molecular complexity index is 398. The first-order valence-corrected chi connectivity index (χ1v) is 7.99. The van der Waals surface area contributed by atoms with E-state index in [9.17, 15) is 14.4 Å². The van der Waals surface area contributed by atoms with E-state index in [0.29, 0.717) is 13.0 Å². The lowest BCUT2D eigenvalue weighted by Crippen LogP contribution is -2.47. The van der Waals surface area contributed by atoms with Crippen LogP contribution in [0.2, 0.25) is 0 Å². The van der Waals surface area contributed by atoms with E-state index < -0.39 is 6.04 Å². The van der Waals surface area contributed by atoms with Crippen LogP contribution in [0, 0.1) is 5.92 Å². The lowest BCUT2D eigenvalue weighted by Gasteiger charge is -2.26. The van der Waals surface area contributed by atoms with Crippen LogP contribution >= 0.6 is 12.4 Å². The van der Waals surface area contributed by atoms with Gasteiger partial charge in [0.1, 0.15) is 0 Å². The number of rotatable bonds is 7. The van der Waals surface area contributed by atoms with Crippen molar-refractivity contribution in [1.29, 1.82) is 0 Å². The SMILES string of the molecule is CC(C)[C@H](N)C(=O)NCC(=O)NCCC(=O)N1CCCCC1.Cl. The summed E-state index contributed by atoms with van der Waals surface area (Å²) in [5, 5.41) is 5.13. The van der Waals surface area contributed by atoms with Gasteiger partial charge in [0.15, 0.2) is 0 Å². The molecule has 23 heavy (non-hydrogen) atoms.